The number of aliphatic hydroxyl groups excluding tert-OH is 2. The van der Waals surface area contributed by atoms with Crippen molar-refractivity contribution in [2.75, 3.05) is 13.2 Å². The molecule has 13 nitrogen and oxygen atoms in total. The van der Waals surface area contributed by atoms with Gasteiger partial charge in [0.05, 0.1) is 26.4 Å². The molecule has 0 radical (unpaired) electrons. The van der Waals surface area contributed by atoms with Gasteiger partial charge in [0.2, 0.25) is 0 Å². The Morgan fingerprint density at radius 3 is 1.04 bits per heavy atom. The summed E-state index contributed by atoms with van der Waals surface area (Å²) in [5.74, 6) is -1.14. The lowest BCUT2D eigenvalue weighted by Gasteiger charge is -2.48. The largest absolute Gasteiger partial charge is 0.463 e. The first-order chi connectivity index (χ1) is 27.7. The van der Waals surface area contributed by atoms with E-state index in [1.807, 2.05) is 121 Å². The number of ether oxygens (including phenoxy) is 9. The van der Waals surface area contributed by atoms with E-state index in [9.17, 15) is 19.8 Å². The lowest BCUT2D eigenvalue weighted by atomic mass is 9.97. The van der Waals surface area contributed by atoms with Crippen LogP contribution in [0.25, 0.3) is 0 Å². The zero-order valence-corrected chi connectivity index (χ0v) is 31.9. The van der Waals surface area contributed by atoms with Crippen LogP contribution in [0.2, 0.25) is 0 Å². The van der Waals surface area contributed by atoms with Crippen molar-refractivity contribution in [3.8, 4) is 0 Å². The Kier molecular flexibility index (Phi) is 15.7. The standard InChI is InChI=1S/C44H50O13/c1-29(45)49-27-35-37(47)39(51-23-31-15-7-3-8-16-31)41(53-25-33-19-11-5-12-20-33)43(55-35)57-44-42(54-26-34-21-13-6-14-22-34)40(52-24-32-17-9-4-10-18-32)38(48)36(56-44)28-50-30(2)46/h3-22,35-44,47-48H,23-28H2,1-2H3/t35-,36-,37-,38-,39+,40+,41-,42-,43-,44-/m1/s1. The average molecular weight is 787 g/mol. The number of esters is 2. The van der Waals surface area contributed by atoms with Gasteiger partial charge in [0.25, 0.3) is 0 Å². The quantitative estimate of drug-likeness (QED) is 0.135. The summed E-state index contributed by atoms with van der Waals surface area (Å²) in [7, 11) is 0. The molecule has 0 aromatic heterocycles. The van der Waals surface area contributed by atoms with Crippen LogP contribution < -0.4 is 0 Å². The van der Waals surface area contributed by atoms with E-state index in [2.05, 4.69) is 0 Å². The number of benzene rings is 4. The van der Waals surface area contributed by atoms with Crippen LogP contribution >= 0.6 is 0 Å². The van der Waals surface area contributed by atoms with Crippen molar-refractivity contribution in [1.82, 2.24) is 0 Å². The van der Waals surface area contributed by atoms with Crippen molar-refractivity contribution < 1.29 is 62.4 Å². The second kappa shape index (κ2) is 21.3. The van der Waals surface area contributed by atoms with Crippen LogP contribution in [-0.4, -0.2) is 96.8 Å². The maximum absolute atomic E-state index is 12.0. The second-order valence-corrected chi connectivity index (χ2v) is 13.9. The van der Waals surface area contributed by atoms with E-state index in [0.717, 1.165) is 22.3 Å². The molecule has 2 saturated heterocycles. The Morgan fingerprint density at radius 2 is 0.754 bits per heavy atom. The molecule has 4 aromatic carbocycles. The summed E-state index contributed by atoms with van der Waals surface area (Å²) in [6.07, 6.45) is -11.8. The van der Waals surface area contributed by atoms with Gasteiger partial charge in [-0.15, -0.1) is 0 Å². The highest BCUT2D eigenvalue weighted by atomic mass is 16.8. The fourth-order valence-corrected chi connectivity index (χ4v) is 6.61. The summed E-state index contributed by atoms with van der Waals surface area (Å²) >= 11 is 0. The number of aliphatic hydroxyl groups is 2. The Bertz CT molecular complexity index is 1650. The van der Waals surface area contributed by atoms with Crippen molar-refractivity contribution in [3.05, 3.63) is 144 Å². The third-order valence-corrected chi connectivity index (χ3v) is 9.55. The van der Waals surface area contributed by atoms with E-state index < -0.39 is 73.4 Å². The molecular formula is C44H50O13. The molecule has 2 heterocycles. The monoisotopic (exact) mass is 786 g/mol. The van der Waals surface area contributed by atoms with Gasteiger partial charge in [-0.2, -0.15) is 0 Å². The van der Waals surface area contributed by atoms with Crippen LogP contribution in [0, 0.1) is 0 Å². The molecule has 4 aromatic rings. The highest BCUT2D eigenvalue weighted by Gasteiger charge is 2.53. The number of hydrogen-bond donors (Lipinski definition) is 2. The predicted molar refractivity (Wildman–Crippen MR) is 204 cm³/mol. The van der Waals surface area contributed by atoms with Crippen molar-refractivity contribution in [1.29, 1.82) is 0 Å². The van der Waals surface area contributed by atoms with E-state index >= 15 is 0 Å². The lowest BCUT2D eigenvalue weighted by Crippen LogP contribution is -2.65. The minimum atomic E-state index is -1.33. The van der Waals surface area contributed by atoms with Crippen molar-refractivity contribution in [2.45, 2.75) is 102 Å². The second-order valence-electron chi connectivity index (χ2n) is 13.9. The van der Waals surface area contributed by atoms with Crippen LogP contribution in [0.3, 0.4) is 0 Å². The van der Waals surface area contributed by atoms with Crippen molar-refractivity contribution in [2.24, 2.45) is 0 Å². The molecule has 0 unspecified atom stereocenters. The minimum absolute atomic E-state index is 0.0946. The summed E-state index contributed by atoms with van der Waals surface area (Å²) < 4.78 is 56.0. The van der Waals surface area contributed by atoms with E-state index in [4.69, 9.17) is 42.6 Å². The molecule has 0 amide bonds. The molecule has 10 atom stereocenters. The Hall–Kier alpha value is -4.54. The molecule has 13 heteroatoms. The smallest absolute Gasteiger partial charge is 0.302 e. The summed E-state index contributed by atoms with van der Waals surface area (Å²) in [5.41, 5.74) is 3.37. The summed E-state index contributed by atoms with van der Waals surface area (Å²) in [5, 5.41) is 23.5. The van der Waals surface area contributed by atoms with Gasteiger partial charge in [-0.1, -0.05) is 121 Å². The number of rotatable bonds is 18. The van der Waals surface area contributed by atoms with E-state index in [1.54, 1.807) is 0 Å². The highest BCUT2D eigenvalue weighted by molar-refractivity contribution is 5.66. The van der Waals surface area contributed by atoms with Crippen LogP contribution in [0.1, 0.15) is 36.1 Å². The van der Waals surface area contributed by atoms with Gasteiger partial charge >= 0.3 is 11.9 Å². The Morgan fingerprint density at radius 1 is 0.474 bits per heavy atom. The molecule has 6 rings (SSSR count). The van der Waals surface area contributed by atoms with Crippen LogP contribution in [0.5, 0.6) is 0 Å². The normalized spacial score (nSPS) is 27.4. The van der Waals surface area contributed by atoms with Crippen LogP contribution in [0.15, 0.2) is 121 Å². The SMILES string of the molecule is CC(=O)OC[C@H]1O[C@H](O[C@H]2O[C@H](COC(C)=O)[C@@H](O)[C@H](OCc3ccccc3)[C@H]2OCc2ccccc2)[C@H](OCc2ccccc2)[C@@H](OCc2ccccc2)[C@@H]1O. The topological polar surface area (TPSA) is 158 Å². The summed E-state index contributed by atoms with van der Waals surface area (Å²) in [6, 6.07) is 37.8. The van der Waals surface area contributed by atoms with E-state index in [1.165, 1.54) is 13.8 Å². The zero-order valence-electron chi connectivity index (χ0n) is 31.9. The lowest BCUT2D eigenvalue weighted by molar-refractivity contribution is -0.389. The minimum Gasteiger partial charge on any atom is -0.463 e. The van der Waals surface area contributed by atoms with Gasteiger partial charge in [0, 0.05) is 13.8 Å². The molecule has 2 aliphatic heterocycles. The third kappa shape index (κ3) is 12.2. The molecule has 304 valence electrons. The van der Waals surface area contributed by atoms with Gasteiger partial charge in [-0.3, -0.25) is 9.59 Å². The molecular weight excluding hydrogens is 736 g/mol. The molecule has 2 aliphatic rings. The molecule has 0 spiro atoms. The first kappa shape index (κ1) is 42.1. The predicted octanol–water partition coefficient (Wildman–Crippen LogP) is 4.64. The highest BCUT2D eigenvalue weighted by Crippen LogP contribution is 2.34. The average Bonchev–Trinajstić information content (AvgIpc) is 3.23. The number of hydrogen-bond acceptors (Lipinski definition) is 13. The summed E-state index contributed by atoms with van der Waals surface area (Å²) in [6.45, 7) is 2.28. The fraction of sp³-hybridized carbons (Fsp3) is 0.409. The Labute approximate surface area is 332 Å². The molecule has 57 heavy (non-hydrogen) atoms. The molecule has 2 fully saturated rings. The number of carbonyl (C=O) groups excluding carboxylic acids is 2. The first-order valence-corrected chi connectivity index (χ1v) is 19.0. The third-order valence-electron chi connectivity index (χ3n) is 9.55. The van der Waals surface area contributed by atoms with Gasteiger partial charge in [0.15, 0.2) is 12.6 Å². The van der Waals surface area contributed by atoms with E-state index in [0.29, 0.717) is 0 Å². The van der Waals surface area contributed by atoms with Gasteiger partial charge in [-0.25, -0.2) is 0 Å². The molecule has 0 aliphatic carbocycles. The first-order valence-electron chi connectivity index (χ1n) is 19.0. The van der Waals surface area contributed by atoms with Gasteiger partial charge in [0.1, 0.15) is 62.0 Å². The fourth-order valence-electron chi connectivity index (χ4n) is 6.61. The molecule has 0 bridgehead atoms. The van der Waals surface area contributed by atoms with Gasteiger partial charge < -0.3 is 52.8 Å². The molecule has 2 N–H and O–H groups in total. The summed E-state index contributed by atoms with van der Waals surface area (Å²) in [4.78, 5) is 23.9. The number of carbonyl (C=O) groups is 2. The molecule has 0 saturated carbocycles. The van der Waals surface area contributed by atoms with Crippen molar-refractivity contribution in [3.63, 3.8) is 0 Å². The van der Waals surface area contributed by atoms with Gasteiger partial charge in [-0.05, 0) is 22.3 Å². The maximum Gasteiger partial charge on any atom is 0.302 e. The van der Waals surface area contributed by atoms with E-state index in [-0.39, 0.29) is 39.6 Å². The Balaban J connectivity index is 1.35. The van der Waals surface area contributed by atoms with Crippen LogP contribution in [-0.2, 0) is 78.6 Å². The van der Waals surface area contributed by atoms with Crippen LogP contribution in [0.4, 0.5) is 0 Å². The zero-order chi connectivity index (χ0) is 40.0. The maximum atomic E-state index is 12.0. The van der Waals surface area contributed by atoms with Crippen molar-refractivity contribution >= 4 is 11.9 Å².